The molecule has 0 N–H and O–H groups in total. The van der Waals surface area contributed by atoms with E-state index in [1.165, 1.54) is 11.1 Å². The molecule has 2 atom stereocenters. The van der Waals surface area contributed by atoms with Crippen molar-refractivity contribution in [1.82, 2.24) is 4.67 Å². The molecule has 2 aliphatic heterocycles. The molecule has 2 heterocycles. The SMILES string of the molecule is CC(C)SP1(=O)N(C)c2ccc(Cl)cc2C2c3ccccc3CCN21. The van der Waals surface area contributed by atoms with Gasteiger partial charge in [-0.2, -0.15) is 0 Å². The fraction of sp³-hybridized carbons (Fsp3) is 0.368. The summed E-state index contributed by atoms with van der Waals surface area (Å²) in [6.45, 7) is 2.27. The van der Waals surface area contributed by atoms with Gasteiger partial charge in [-0.3, -0.25) is 4.57 Å². The van der Waals surface area contributed by atoms with Crippen LogP contribution < -0.4 is 4.67 Å². The van der Waals surface area contributed by atoms with Crippen molar-refractivity contribution < 1.29 is 4.57 Å². The lowest BCUT2D eigenvalue weighted by Gasteiger charge is -2.50. The lowest BCUT2D eigenvalue weighted by Crippen LogP contribution is -2.41. The number of rotatable bonds is 2. The lowest BCUT2D eigenvalue weighted by atomic mass is 9.89. The van der Waals surface area contributed by atoms with Crippen molar-refractivity contribution in [3.05, 3.63) is 64.2 Å². The molecule has 2 aliphatic rings. The van der Waals surface area contributed by atoms with E-state index < -0.39 is 6.65 Å². The Bertz CT molecular complexity index is 872. The van der Waals surface area contributed by atoms with Crippen molar-refractivity contribution in [2.24, 2.45) is 0 Å². The van der Waals surface area contributed by atoms with Gasteiger partial charge in [0.1, 0.15) is 0 Å². The molecule has 6 heteroatoms. The average molecular weight is 393 g/mol. The van der Waals surface area contributed by atoms with Crippen LogP contribution in [0.4, 0.5) is 5.69 Å². The number of fused-ring (bicyclic) bond motifs is 5. The van der Waals surface area contributed by atoms with E-state index in [4.69, 9.17) is 11.6 Å². The summed E-state index contributed by atoms with van der Waals surface area (Å²) in [4.78, 5) is 0. The van der Waals surface area contributed by atoms with Crippen molar-refractivity contribution in [2.45, 2.75) is 31.6 Å². The molecule has 0 aliphatic carbocycles. The van der Waals surface area contributed by atoms with Crippen molar-refractivity contribution >= 4 is 35.3 Å². The monoisotopic (exact) mass is 392 g/mol. The molecule has 0 saturated heterocycles. The highest BCUT2D eigenvalue weighted by Gasteiger charge is 2.49. The summed E-state index contributed by atoms with van der Waals surface area (Å²) in [5, 5.41) is 1.02. The van der Waals surface area contributed by atoms with E-state index in [9.17, 15) is 4.57 Å². The Morgan fingerprint density at radius 1 is 1.20 bits per heavy atom. The highest BCUT2D eigenvalue weighted by molar-refractivity contribution is 8.58. The van der Waals surface area contributed by atoms with Gasteiger partial charge in [-0.1, -0.05) is 61.1 Å². The first kappa shape index (κ1) is 17.5. The van der Waals surface area contributed by atoms with Gasteiger partial charge in [-0.15, -0.1) is 0 Å². The van der Waals surface area contributed by atoms with Crippen LogP contribution in [0.15, 0.2) is 42.5 Å². The highest BCUT2D eigenvalue weighted by Crippen LogP contribution is 2.72. The van der Waals surface area contributed by atoms with Crippen molar-refractivity contribution in [1.29, 1.82) is 0 Å². The molecule has 2 unspecified atom stereocenters. The molecule has 25 heavy (non-hydrogen) atoms. The van der Waals surface area contributed by atoms with Gasteiger partial charge in [-0.05, 0) is 41.3 Å². The zero-order valence-electron chi connectivity index (χ0n) is 14.6. The van der Waals surface area contributed by atoms with E-state index in [1.807, 2.05) is 29.9 Å². The maximum absolute atomic E-state index is 14.2. The van der Waals surface area contributed by atoms with Gasteiger partial charge in [0.25, 0.3) is 6.65 Å². The molecule has 0 aromatic heterocycles. The summed E-state index contributed by atoms with van der Waals surface area (Å²) in [6, 6.07) is 14.5. The maximum Gasteiger partial charge on any atom is 0.296 e. The molecule has 0 amide bonds. The summed E-state index contributed by atoms with van der Waals surface area (Å²) in [6.07, 6.45) is 0.930. The van der Waals surface area contributed by atoms with Crippen molar-refractivity contribution in [3.8, 4) is 0 Å². The Morgan fingerprint density at radius 2 is 1.96 bits per heavy atom. The molecule has 0 bridgehead atoms. The zero-order valence-corrected chi connectivity index (χ0v) is 17.1. The quantitative estimate of drug-likeness (QED) is 0.586. The molecular formula is C19H22ClN2OPS. The topological polar surface area (TPSA) is 23.6 Å². The van der Waals surface area contributed by atoms with Gasteiger partial charge in [0.2, 0.25) is 0 Å². The minimum Gasteiger partial charge on any atom is -0.306 e. The minimum atomic E-state index is -2.75. The van der Waals surface area contributed by atoms with Crippen molar-refractivity contribution in [2.75, 3.05) is 18.3 Å². The van der Waals surface area contributed by atoms with Crippen LogP contribution in [0.3, 0.4) is 0 Å². The van der Waals surface area contributed by atoms with E-state index in [0.29, 0.717) is 5.25 Å². The smallest absolute Gasteiger partial charge is 0.296 e. The fourth-order valence-electron chi connectivity index (χ4n) is 3.91. The van der Waals surface area contributed by atoms with Crippen molar-refractivity contribution in [3.63, 3.8) is 0 Å². The number of benzene rings is 2. The maximum atomic E-state index is 14.2. The Labute approximate surface area is 158 Å². The van der Waals surface area contributed by atoms with E-state index in [0.717, 1.165) is 29.2 Å². The predicted molar refractivity (Wildman–Crippen MR) is 109 cm³/mol. The molecule has 132 valence electrons. The van der Waals surface area contributed by atoms with Gasteiger partial charge in [-0.25, -0.2) is 4.67 Å². The zero-order chi connectivity index (χ0) is 17.8. The van der Waals surface area contributed by atoms with Gasteiger partial charge < -0.3 is 4.67 Å². The molecule has 0 saturated carbocycles. The Morgan fingerprint density at radius 3 is 2.72 bits per heavy atom. The average Bonchev–Trinajstić information content (AvgIpc) is 2.58. The third-order valence-electron chi connectivity index (χ3n) is 4.94. The van der Waals surface area contributed by atoms with Crippen LogP contribution in [-0.2, 0) is 11.0 Å². The third kappa shape index (κ3) is 2.75. The Balaban J connectivity index is 1.97. The molecular weight excluding hydrogens is 371 g/mol. The normalized spacial score (nSPS) is 25.5. The van der Waals surface area contributed by atoms with Crippen LogP contribution >= 0.6 is 29.6 Å². The van der Waals surface area contributed by atoms with E-state index in [1.54, 1.807) is 11.4 Å². The second kappa shape index (κ2) is 6.35. The highest BCUT2D eigenvalue weighted by atomic mass is 35.5. The number of hydrogen-bond acceptors (Lipinski definition) is 2. The third-order valence-corrected chi connectivity index (χ3v) is 11.4. The second-order valence-electron chi connectivity index (χ2n) is 6.89. The number of anilines is 1. The van der Waals surface area contributed by atoms with E-state index >= 15 is 0 Å². The number of halogens is 1. The summed E-state index contributed by atoms with van der Waals surface area (Å²) >= 11 is 7.92. The fourth-order valence-corrected chi connectivity index (χ4v) is 9.82. The molecule has 0 fully saturated rings. The summed E-state index contributed by atoms with van der Waals surface area (Å²) < 4.78 is 18.4. The lowest BCUT2D eigenvalue weighted by molar-refractivity contribution is 0.343. The van der Waals surface area contributed by atoms with Gasteiger partial charge in [0, 0.05) is 29.6 Å². The molecule has 3 nitrogen and oxygen atoms in total. The predicted octanol–water partition coefficient (Wildman–Crippen LogP) is 5.99. The molecule has 4 rings (SSSR count). The first-order chi connectivity index (χ1) is 11.9. The first-order valence-electron chi connectivity index (χ1n) is 8.59. The summed E-state index contributed by atoms with van der Waals surface area (Å²) in [7, 11) is 1.96. The van der Waals surface area contributed by atoms with Gasteiger partial charge in [0.15, 0.2) is 0 Å². The van der Waals surface area contributed by atoms with E-state index in [2.05, 4.69) is 42.8 Å². The summed E-state index contributed by atoms with van der Waals surface area (Å²) in [5.74, 6) is 0. The van der Waals surface area contributed by atoms with Crippen LogP contribution in [0.25, 0.3) is 0 Å². The van der Waals surface area contributed by atoms with Gasteiger partial charge >= 0.3 is 0 Å². The van der Waals surface area contributed by atoms with Crippen LogP contribution in [-0.4, -0.2) is 23.5 Å². The number of nitrogens with zero attached hydrogens (tertiary/aromatic N) is 2. The molecule has 2 aromatic carbocycles. The van der Waals surface area contributed by atoms with Gasteiger partial charge in [0.05, 0.1) is 6.04 Å². The second-order valence-corrected chi connectivity index (χ2v) is 12.6. The first-order valence-corrected chi connectivity index (χ1v) is 12.1. The van der Waals surface area contributed by atoms with Crippen LogP contribution in [0.1, 0.15) is 36.6 Å². The molecule has 2 aromatic rings. The van der Waals surface area contributed by atoms with Crippen LogP contribution in [0, 0.1) is 0 Å². The van der Waals surface area contributed by atoms with Crippen LogP contribution in [0.5, 0.6) is 0 Å². The van der Waals surface area contributed by atoms with Crippen LogP contribution in [0.2, 0.25) is 5.02 Å². The number of hydrogen-bond donors (Lipinski definition) is 0. The Kier molecular flexibility index (Phi) is 4.44. The summed E-state index contributed by atoms with van der Waals surface area (Å²) in [5.41, 5.74) is 4.78. The largest absolute Gasteiger partial charge is 0.306 e. The Hall–Kier alpha value is -0.930. The van der Waals surface area contributed by atoms with E-state index in [-0.39, 0.29) is 6.04 Å². The molecule has 0 radical (unpaired) electrons. The minimum absolute atomic E-state index is 0.00642. The molecule has 0 spiro atoms. The standard InChI is InChI=1S/C19H22ClN2OPS/c1-13(2)25-24(23)21(3)18-9-8-15(20)12-17(18)19-16-7-5-4-6-14(16)10-11-22(19)24/h4-9,12-13,19H,10-11H2,1-3H3.